The normalized spacial score (nSPS) is 29.2. The van der Waals surface area contributed by atoms with Gasteiger partial charge in [-0.3, -0.25) is 19.3 Å². The van der Waals surface area contributed by atoms with Crippen molar-refractivity contribution < 1.29 is 34.1 Å². The van der Waals surface area contributed by atoms with Crippen LogP contribution in [0.25, 0.3) is 10.8 Å². The molecule has 2 bridgehead atoms. The van der Waals surface area contributed by atoms with Crippen molar-refractivity contribution in [1.29, 1.82) is 0 Å². The number of fused-ring (bicyclic) bond motifs is 1. The quantitative estimate of drug-likeness (QED) is 0.328. The van der Waals surface area contributed by atoms with Gasteiger partial charge in [-0.15, -0.1) is 0 Å². The molecule has 8 rings (SSSR count). The second kappa shape index (κ2) is 9.12. The highest BCUT2D eigenvalue weighted by Crippen LogP contribution is 2.65. The Balaban J connectivity index is 1.10. The van der Waals surface area contributed by atoms with Crippen LogP contribution in [0.2, 0.25) is 0 Å². The van der Waals surface area contributed by atoms with Gasteiger partial charge in [0.2, 0.25) is 0 Å². The third-order valence-electron chi connectivity index (χ3n) is 10.4. The minimum absolute atomic E-state index is 0.00817. The van der Waals surface area contributed by atoms with Crippen LogP contribution < -0.4 is 9.47 Å². The second-order valence-corrected chi connectivity index (χ2v) is 12.9. The zero-order chi connectivity index (χ0) is 28.8. The molecule has 3 aliphatic carbocycles. The van der Waals surface area contributed by atoms with E-state index in [1.165, 1.54) is 12.8 Å². The van der Waals surface area contributed by atoms with Gasteiger partial charge in [0.25, 0.3) is 0 Å². The predicted molar refractivity (Wildman–Crippen MR) is 153 cm³/mol. The Kier molecular flexibility index (Phi) is 5.63. The highest BCUT2D eigenvalue weighted by molar-refractivity contribution is 5.90. The van der Waals surface area contributed by atoms with E-state index in [0.717, 1.165) is 40.6 Å². The summed E-state index contributed by atoms with van der Waals surface area (Å²) in [4.78, 5) is 40.1. The molecule has 3 aromatic carbocycles. The first-order valence-corrected chi connectivity index (χ1v) is 15.0. The highest BCUT2D eigenvalue weighted by atomic mass is 16.6. The zero-order valence-corrected chi connectivity index (χ0v) is 23.3. The van der Waals surface area contributed by atoms with Gasteiger partial charge in [-0.05, 0) is 78.1 Å². The number of ether oxygens (including phenoxy) is 2. The number of carbonyl (C=O) groups is 3. The van der Waals surface area contributed by atoms with E-state index in [0.29, 0.717) is 42.2 Å². The second-order valence-electron chi connectivity index (χ2n) is 12.9. The first-order valence-electron chi connectivity index (χ1n) is 15.0. The van der Waals surface area contributed by atoms with E-state index in [9.17, 15) is 19.5 Å². The number of carboxylic acid groups (broad SMARTS) is 1. The maximum absolute atomic E-state index is 13.3. The number of esters is 1. The lowest BCUT2D eigenvalue weighted by atomic mass is 9.49. The van der Waals surface area contributed by atoms with Crippen molar-refractivity contribution in [3.05, 3.63) is 70.8 Å². The van der Waals surface area contributed by atoms with Gasteiger partial charge < -0.3 is 19.7 Å². The van der Waals surface area contributed by atoms with Gasteiger partial charge in [0, 0.05) is 24.6 Å². The molecule has 2 heterocycles. The number of carboxylic acids is 1. The molecule has 5 aliphatic rings. The Hall–Kier alpha value is -3.75. The molecular formula is C34H33NO7. The minimum Gasteiger partial charge on any atom is -0.481 e. The fourth-order valence-corrected chi connectivity index (χ4v) is 8.40. The van der Waals surface area contributed by atoms with Crippen molar-refractivity contribution >= 4 is 28.5 Å². The molecule has 8 nitrogen and oxygen atoms in total. The molecule has 2 N–H and O–H groups in total. The SMILES string of the molecule is O=C(O)Cc1ccc2ccc(CC(=O)Oc3ccc4c5c3O[C@H]3C(=O)CC[C@@]6(O)[C@@H](C4)N(CC4CC4)CC[C@]536)cc2c1. The Morgan fingerprint density at radius 3 is 2.50 bits per heavy atom. The molecular weight excluding hydrogens is 534 g/mol. The van der Waals surface area contributed by atoms with Crippen molar-refractivity contribution in [3.63, 3.8) is 0 Å². The fraction of sp³-hybridized carbons (Fsp3) is 0.441. The molecule has 0 unspecified atom stereocenters. The number of carbonyl (C=O) groups excluding carboxylic acids is 2. The molecule has 42 heavy (non-hydrogen) atoms. The Labute approximate surface area is 243 Å². The number of aliphatic hydroxyl groups is 1. The van der Waals surface area contributed by atoms with Crippen molar-refractivity contribution in [1.82, 2.24) is 4.90 Å². The Bertz CT molecular complexity index is 1680. The summed E-state index contributed by atoms with van der Waals surface area (Å²) in [5, 5.41) is 23.4. The molecule has 2 saturated carbocycles. The number of rotatable bonds is 7. The van der Waals surface area contributed by atoms with Crippen LogP contribution in [0.3, 0.4) is 0 Å². The van der Waals surface area contributed by atoms with Crippen LogP contribution in [0.5, 0.6) is 11.5 Å². The fourth-order valence-electron chi connectivity index (χ4n) is 8.40. The van der Waals surface area contributed by atoms with Crippen LogP contribution in [0.1, 0.15) is 54.4 Å². The molecule has 1 saturated heterocycles. The maximum atomic E-state index is 13.3. The molecule has 3 aromatic rings. The number of nitrogens with zero attached hydrogens (tertiary/aromatic N) is 1. The highest BCUT2D eigenvalue weighted by Gasteiger charge is 2.73. The topological polar surface area (TPSA) is 113 Å². The lowest BCUT2D eigenvalue weighted by molar-refractivity contribution is -0.188. The van der Waals surface area contributed by atoms with Crippen LogP contribution in [0, 0.1) is 5.92 Å². The lowest BCUT2D eigenvalue weighted by Gasteiger charge is -2.62. The first-order chi connectivity index (χ1) is 20.2. The number of hydrogen-bond acceptors (Lipinski definition) is 7. The summed E-state index contributed by atoms with van der Waals surface area (Å²) >= 11 is 0. The number of likely N-dealkylation sites (tertiary alicyclic amines) is 1. The predicted octanol–water partition coefficient (Wildman–Crippen LogP) is 3.75. The van der Waals surface area contributed by atoms with Crippen molar-refractivity contribution in [3.8, 4) is 11.5 Å². The van der Waals surface area contributed by atoms with Gasteiger partial charge in [0.15, 0.2) is 23.4 Å². The summed E-state index contributed by atoms with van der Waals surface area (Å²) in [6.45, 7) is 1.81. The third kappa shape index (κ3) is 3.77. The van der Waals surface area contributed by atoms with Gasteiger partial charge in [-0.25, -0.2) is 0 Å². The van der Waals surface area contributed by atoms with Gasteiger partial charge in [-0.2, -0.15) is 0 Å². The summed E-state index contributed by atoms with van der Waals surface area (Å²) in [5.74, 6) is 0.0862. The molecule has 216 valence electrons. The monoisotopic (exact) mass is 567 g/mol. The smallest absolute Gasteiger partial charge is 0.315 e. The van der Waals surface area contributed by atoms with Crippen LogP contribution in [-0.4, -0.2) is 63.7 Å². The number of Topliss-reactive ketones (excluding diaryl/α,β-unsaturated/α-hetero) is 1. The zero-order valence-electron chi connectivity index (χ0n) is 23.3. The minimum atomic E-state index is -1.07. The molecule has 2 aliphatic heterocycles. The molecule has 0 radical (unpaired) electrons. The lowest BCUT2D eigenvalue weighted by Crippen LogP contribution is -2.76. The van der Waals surface area contributed by atoms with Crippen LogP contribution in [0.4, 0.5) is 0 Å². The van der Waals surface area contributed by atoms with Crippen molar-refractivity contribution in [2.75, 3.05) is 13.1 Å². The number of benzene rings is 3. The summed E-state index contributed by atoms with van der Waals surface area (Å²) in [5.41, 5.74) is 1.50. The average Bonchev–Trinajstić information content (AvgIpc) is 3.69. The van der Waals surface area contributed by atoms with Gasteiger partial charge in [-0.1, -0.05) is 42.5 Å². The van der Waals surface area contributed by atoms with Gasteiger partial charge in [0.1, 0.15) is 0 Å². The average molecular weight is 568 g/mol. The number of piperidine rings is 1. The van der Waals surface area contributed by atoms with E-state index in [-0.39, 0.29) is 31.1 Å². The van der Waals surface area contributed by atoms with Gasteiger partial charge >= 0.3 is 11.9 Å². The number of ketones is 1. The number of aliphatic carboxylic acids is 1. The largest absolute Gasteiger partial charge is 0.481 e. The summed E-state index contributed by atoms with van der Waals surface area (Å²) in [6.07, 6.45) is 3.72. The van der Waals surface area contributed by atoms with Gasteiger partial charge in [0.05, 0.1) is 23.9 Å². The van der Waals surface area contributed by atoms with Crippen molar-refractivity contribution in [2.24, 2.45) is 5.92 Å². The van der Waals surface area contributed by atoms with Crippen LogP contribution in [0.15, 0.2) is 48.5 Å². The Morgan fingerprint density at radius 2 is 1.76 bits per heavy atom. The summed E-state index contributed by atoms with van der Waals surface area (Å²) in [6, 6.07) is 14.9. The molecule has 8 heteroatoms. The summed E-state index contributed by atoms with van der Waals surface area (Å²) < 4.78 is 12.3. The Morgan fingerprint density at radius 1 is 1.00 bits per heavy atom. The molecule has 0 aromatic heterocycles. The van der Waals surface area contributed by atoms with E-state index in [2.05, 4.69) is 4.90 Å². The molecule has 0 amide bonds. The van der Waals surface area contributed by atoms with E-state index >= 15 is 0 Å². The molecule has 3 fully saturated rings. The van der Waals surface area contributed by atoms with E-state index < -0.39 is 29.1 Å². The third-order valence-corrected chi connectivity index (χ3v) is 10.4. The molecule has 1 spiro atoms. The molecule has 4 atom stereocenters. The van der Waals surface area contributed by atoms with Crippen LogP contribution in [-0.2, 0) is 39.1 Å². The first kappa shape index (κ1) is 25.9. The van der Waals surface area contributed by atoms with E-state index in [1.54, 1.807) is 12.1 Å². The number of hydrogen-bond donors (Lipinski definition) is 2. The van der Waals surface area contributed by atoms with Crippen molar-refractivity contribution in [2.45, 2.75) is 74.5 Å². The standard InChI is InChI=1S/C34H33NO7/c36-25-9-10-34(40)27-17-23-7-8-26(31-30(23)33(34,32(25)42-31)11-12-35(27)18-19-1-2-19)41-29(39)16-21-4-6-22-5-3-20(15-28(37)38)13-24(22)14-21/h3-8,13-14,19,27,32,40H,1-2,9-12,15-18H2,(H,37,38)/t27-,32+,33+,34-/m1/s1. The van der Waals surface area contributed by atoms with E-state index in [1.807, 2.05) is 36.4 Å². The maximum Gasteiger partial charge on any atom is 0.315 e. The van der Waals surface area contributed by atoms with Crippen LogP contribution >= 0.6 is 0 Å². The van der Waals surface area contributed by atoms with E-state index in [4.69, 9.17) is 14.6 Å². The summed E-state index contributed by atoms with van der Waals surface area (Å²) in [7, 11) is 0.